The SMILES string of the molecule is CCCCOC(=O)c1nccn1Cc1ccc2ccccc2c1. The fourth-order valence-electron chi connectivity index (χ4n) is 2.53. The van der Waals surface area contributed by atoms with Gasteiger partial charge in [-0.1, -0.05) is 49.7 Å². The van der Waals surface area contributed by atoms with Crippen molar-refractivity contribution in [2.24, 2.45) is 0 Å². The van der Waals surface area contributed by atoms with Gasteiger partial charge < -0.3 is 9.30 Å². The van der Waals surface area contributed by atoms with Crippen molar-refractivity contribution in [3.63, 3.8) is 0 Å². The molecule has 0 saturated carbocycles. The number of hydrogen-bond acceptors (Lipinski definition) is 3. The second-order valence-electron chi connectivity index (χ2n) is 5.55. The van der Waals surface area contributed by atoms with Crippen LogP contribution in [0, 0.1) is 0 Å². The first kappa shape index (κ1) is 15.3. The number of carbonyl (C=O) groups excluding carboxylic acids is 1. The molecule has 0 spiro atoms. The third kappa shape index (κ3) is 3.59. The Morgan fingerprint density at radius 1 is 1.17 bits per heavy atom. The Kier molecular flexibility index (Phi) is 4.71. The number of benzene rings is 2. The topological polar surface area (TPSA) is 44.1 Å². The van der Waals surface area contributed by atoms with Crippen LogP contribution in [0.1, 0.15) is 35.9 Å². The molecule has 118 valence electrons. The van der Waals surface area contributed by atoms with Crippen LogP contribution in [0.25, 0.3) is 10.8 Å². The number of esters is 1. The number of fused-ring (bicyclic) bond motifs is 1. The molecule has 0 fully saturated rings. The van der Waals surface area contributed by atoms with E-state index in [9.17, 15) is 4.79 Å². The molecule has 0 aliphatic heterocycles. The first-order valence-corrected chi connectivity index (χ1v) is 7.94. The molecule has 3 rings (SSSR count). The largest absolute Gasteiger partial charge is 0.460 e. The lowest BCUT2D eigenvalue weighted by Gasteiger charge is -2.09. The van der Waals surface area contributed by atoms with E-state index in [4.69, 9.17) is 4.74 Å². The van der Waals surface area contributed by atoms with Crippen LogP contribution in [0.3, 0.4) is 0 Å². The van der Waals surface area contributed by atoms with Gasteiger partial charge in [-0.3, -0.25) is 0 Å². The van der Waals surface area contributed by atoms with E-state index in [1.807, 2.05) is 22.9 Å². The average molecular weight is 308 g/mol. The summed E-state index contributed by atoms with van der Waals surface area (Å²) in [5, 5.41) is 2.40. The van der Waals surface area contributed by atoms with E-state index in [0.717, 1.165) is 18.4 Å². The van der Waals surface area contributed by atoms with Gasteiger partial charge in [0.25, 0.3) is 0 Å². The molecular formula is C19H20N2O2. The smallest absolute Gasteiger partial charge is 0.374 e. The van der Waals surface area contributed by atoms with Crippen LogP contribution >= 0.6 is 0 Å². The molecule has 0 aliphatic rings. The molecule has 4 nitrogen and oxygen atoms in total. The maximum absolute atomic E-state index is 12.1. The predicted molar refractivity (Wildman–Crippen MR) is 90.5 cm³/mol. The van der Waals surface area contributed by atoms with Gasteiger partial charge in [0.1, 0.15) is 0 Å². The summed E-state index contributed by atoms with van der Waals surface area (Å²) in [6.45, 7) is 3.11. The Hall–Kier alpha value is -2.62. The summed E-state index contributed by atoms with van der Waals surface area (Å²) < 4.78 is 7.08. The lowest BCUT2D eigenvalue weighted by Crippen LogP contribution is -2.14. The van der Waals surface area contributed by atoms with Crippen LogP contribution in [0.5, 0.6) is 0 Å². The van der Waals surface area contributed by atoms with E-state index in [1.165, 1.54) is 10.8 Å². The Labute approximate surface area is 135 Å². The Morgan fingerprint density at radius 3 is 2.83 bits per heavy atom. The normalized spacial score (nSPS) is 10.8. The van der Waals surface area contributed by atoms with Crippen molar-refractivity contribution in [3.8, 4) is 0 Å². The summed E-state index contributed by atoms with van der Waals surface area (Å²) in [6, 6.07) is 14.6. The van der Waals surface area contributed by atoms with Crippen molar-refractivity contribution >= 4 is 16.7 Å². The van der Waals surface area contributed by atoms with E-state index >= 15 is 0 Å². The zero-order chi connectivity index (χ0) is 16.1. The molecule has 2 aromatic carbocycles. The summed E-state index contributed by atoms with van der Waals surface area (Å²) in [4.78, 5) is 16.2. The van der Waals surface area contributed by atoms with E-state index < -0.39 is 0 Å². The van der Waals surface area contributed by atoms with Gasteiger partial charge in [-0.25, -0.2) is 9.78 Å². The number of carbonyl (C=O) groups is 1. The minimum Gasteiger partial charge on any atom is -0.460 e. The van der Waals surface area contributed by atoms with Gasteiger partial charge in [-0.2, -0.15) is 0 Å². The van der Waals surface area contributed by atoms with Crippen LogP contribution in [0.2, 0.25) is 0 Å². The van der Waals surface area contributed by atoms with Gasteiger partial charge in [-0.15, -0.1) is 0 Å². The number of ether oxygens (including phenoxy) is 1. The molecule has 3 aromatic rings. The average Bonchev–Trinajstić information content (AvgIpc) is 3.03. The molecule has 23 heavy (non-hydrogen) atoms. The van der Waals surface area contributed by atoms with Crippen molar-refractivity contribution in [2.45, 2.75) is 26.3 Å². The number of unbranched alkanes of at least 4 members (excludes halogenated alkanes) is 1. The number of rotatable bonds is 6. The maximum atomic E-state index is 12.1. The third-order valence-corrected chi connectivity index (χ3v) is 3.80. The molecule has 0 amide bonds. The maximum Gasteiger partial charge on any atom is 0.374 e. The Balaban J connectivity index is 1.77. The first-order valence-electron chi connectivity index (χ1n) is 7.94. The highest BCUT2D eigenvalue weighted by Gasteiger charge is 2.14. The summed E-state index contributed by atoms with van der Waals surface area (Å²) in [5.41, 5.74) is 1.13. The molecule has 0 N–H and O–H groups in total. The minimum absolute atomic E-state index is 0.356. The number of imidazole rings is 1. The van der Waals surface area contributed by atoms with Crippen molar-refractivity contribution in [1.29, 1.82) is 0 Å². The van der Waals surface area contributed by atoms with Gasteiger partial charge in [-0.05, 0) is 28.8 Å². The molecule has 0 atom stereocenters. The van der Waals surface area contributed by atoms with E-state index in [1.54, 1.807) is 6.20 Å². The van der Waals surface area contributed by atoms with Crippen LogP contribution in [0.4, 0.5) is 0 Å². The third-order valence-electron chi connectivity index (χ3n) is 3.80. The molecule has 1 heterocycles. The van der Waals surface area contributed by atoms with Crippen LogP contribution in [-0.2, 0) is 11.3 Å². The lowest BCUT2D eigenvalue weighted by atomic mass is 10.1. The quantitative estimate of drug-likeness (QED) is 0.510. The second-order valence-corrected chi connectivity index (χ2v) is 5.55. The molecule has 0 unspecified atom stereocenters. The van der Waals surface area contributed by atoms with E-state index in [-0.39, 0.29) is 5.97 Å². The summed E-state index contributed by atoms with van der Waals surface area (Å²) in [5.74, 6) is -0.00139. The number of hydrogen-bond donors (Lipinski definition) is 0. The van der Waals surface area contributed by atoms with E-state index in [0.29, 0.717) is 19.0 Å². The summed E-state index contributed by atoms with van der Waals surface area (Å²) in [7, 11) is 0. The van der Waals surface area contributed by atoms with Crippen molar-refractivity contribution in [2.75, 3.05) is 6.61 Å². The molecule has 0 radical (unpaired) electrons. The highest BCUT2D eigenvalue weighted by Crippen LogP contribution is 2.17. The Bertz CT molecular complexity index is 808. The zero-order valence-corrected chi connectivity index (χ0v) is 13.2. The first-order chi connectivity index (χ1) is 11.3. The van der Waals surface area contributed by atoms with Crippen molar-refractivity contribution in [1.82, 2.24) is 9.55 Å². The zero-order valence-electron chi connectivity index (χ0n) is 13.2. The van der Waals surface area contributed by atoms with Crippen molar-refractivity contribution in [3.05, 3.63) is 66.2 Å². The fraction of sp³-hybridized carbons (Fsp3) is 0.263. The lowest BCUT2D eigenvalue weighted by molar-refractivity contribution is 0.0480. The molecule has 0 bridgehead atoms. The Morgan fingerprint density at radius 2 is 2.00 bits per heavy atom. The van der Waals surface area contributed by atoms with E-state index in [2.05, 4.69) is 42.2 Å². The van der Waals surface area contributed by atoms with Gasteiger partial charge in [0.05, 0.1) is 6.61 Å². The monoisotopic (exact) mass is 308 g/mol. The van der Waals surface area contributed by atoms with Crippen molar-refractivity contribution < 1.29 is 9.53 Å². The van der Waals surface area contributed by atoms with Gasteiger partial charge in [0, 0.05) is 18.9 Å². The standard InChI is InChI=1S/C19H20N2O2/c1-2-3-12-23-19(22)18-20-10-11-21(18)14-15-8-9-16-6-4-5-7-17(16)13-15/h4-11,13H,2-3,12,14H2,1H3. The number of nitrogens with zero attached hydrogens (tertiary/aromatic N) is 2. The minimum atomic E-state index is -0.357. The highest BCUT2D eigenvalue weighted by atomic mass is 16.5. The molecule has 0 saturated heterocycles. The molecule has 4 heteroatoms. The molecular weight excluding hydrogens is 288 g/mol. The van der Waals surface area contributed by atoms with Crippen LogP contribution in [-0.4, -0.2) is 22.1 Å². The van der Waals surface area contributed by atoms with Crippen LogP contribution in [0.15, 0.2) is 54.9 Å². The van der Waals surface area contributed by atoms with Gasteiger partial charge in [0.15, 0.2) is 0 Å². The molecule has 1 aromatic heterocycles. The summed E-state index contributed by atoms with van der Waals surface area (Å²) in [6.07, 6.45) is 5.32. The summed E-state index contributed by atoms with van der Waals surface area (Å²) >= 11 is 0. The fourth-order valence-corrected chi connectivity index (χ4v) is 2.53. The highest BCUT2D eigenvalue weighted by molar-refractivity contribution is 5.85. The molecule has 0 aliphatic carbocycles. The predicted octanol–water partition coefficient (Wildman–Crippen LogP) is 4.04. The second kappa shape index (κ2) is 7.09. The number of aromatic nitrogens is 2. The van der Waals surface area contributed by atoms with Crippen LogP contribution < -0.4 is 0 Å². The van der Waals surface area contributed by atoms with Gasteiger partial charge in [0.2, 0.25) is 5.82 Å². The van der Waals surface area contributed by atoms with Gasteiger partial charge >= 0.3 is 5.97 Å².